The second-order valence-electron chi connectivity index (χ2n) is 2.79. The highest BCUT2D eigenvalue weighted by Gasteiger charge is 2.04. The van der Waals surface area contributed by atoms with Crippen LogP contribution in [0.3, 0.4) is 0 Å². The van der Waals surface area contributed by atoms with E-state index in [1.165, 1.54) is 0 Å². The topological polar surface area (TPSA) is 30.2 Å². The van der Waals surface area contributed by atoms with Gasteiger partial charge in [0.1, 0.15) is 0 Å². The summed E-state index contributed by atoms with van der Waals surface area (Å²) >= 11 is 0. The molecule has 0 saturated heterocycles. The zero-order valence-corrected chi connectivity index (χ0v) is 9.28. The lowest BCUT2D eigenvalue weighted by atomic mass is 10.3. The standard InChI is InChI=1S/C9H11N3.C2H6/c1-3-8-7(2)12-9(11-8)5-4-6-10-12;1-2/h4-6H,3H2,1-2H3;1-2H3. The number of aromatic nitrogens is 3. The summed E-state index contributed by atoms with van der Waals surface area (Å²) in [7, 11) is 0. The third kappa shape index (κ3) is 1.76. The first-order valence-electron chi connectivity index (χ1n) is 5.12. The molecule has 2 heterocycles. The number of aryl methyl sites for hydroxylation is 2. The number of hydrogen-bond acceptors (Lipinski definition) is 2. The minimum Gasteiger partial charge on any atom is -0.232 e. The van der Waals surface area contributed by atoms with Crippen LogP contribution in [0.1, 0.15) is 32.2 Å². The molecular weight excluding hydrogens is 174 g/mol. The van der Waals surface area contributed by atoms with Crippen LogP contribution in [0.25, 0.3) is 5.65 Å². The second kappa shape index (κ2) is 4.74. The molecule has 2 aromatic heterocycles. The van der Waals surface area contributed by atoms with Crippen molar-refractivity contribution in [3.8, 4) is 0 Å². The van der Waals surface area contributed by atoms with Gasteiger partial charge in [-0.05, 0) is 25.5 Å². The second-order valence-corrected chi connectivity index (χ2v) is 2.79. The zero-order valence-electron chi connectivity index (χ0n) is 9.28. The molecule has 3 heteroatoms. The largest absolute Gasteiger partial charge is 0.232 e. The van der Waals surface area contributed by atoms with Gasteiger partial charge in [-0.1, -0.05) is 20.8 Å². The van der Waals surface area contributed by atoms with Crippen LogP contribution in [0.15, 0.2) is 18.3 Å². The maximum atomic E-state index is 4.43. The van der Waals surface area contributed by atoms with Crippen molar-refractivity contribution in [3.63, 3.8) is 0 Å². The zero-order chi connectivity index (χ0) is 10.6. The van der Waals surface area contributed by atoms with E-state index in [1.54, 1.807) is 6.20 Å². The summed E-state index contributed by atoms with van der Waals surface area (Å²) in [5.74, 6) is 0. The number of hydrogen-bond donors (Lipinski definition) is 0. The van der Waals surface area contributed by atoms with Gasteiger partial charge in [0.05, 0.1) is 11.4 Å². The first kappa shape index (κ1) is 10.7. The van der Waals surface area contributed by atoms with Crippen molar-refractivity contribution in [1.82, 2.24) is 14.6 Å². The molecule has 0 atom stereocenters. The molecule has 0 radical (unpaired) electrons. The first-order chi connectivity index (χ1) is 6.83. The van der Waals surface area contributed by atoms with Gasteiger partial charge in [-0.2, -0.15) is 5.10 Å². The van der Waals surface area contributed by atoms with E-state index in [9.17, 15) is 0 Å². The average Bonchev–Trinajstić information content (AvgIpc) is 2.59. The van der Waals surface area contributed by atoms with E-state index in [0.29, 0.717) is 0 Å². The lowest BCUT2D eigenvalue weighted by Gasteiger charge is -1.92. The monoisotopic (exact) mass is 191 g/mol. The van der Waals surface area contributed by atoms with Gasteiger partial charge in [-0.25, -0.2) is 9.50 Å². The van der Waals surface area contributed by atoms with Gasteiger partial charge >= 0.3 is 0 Å². The van der Waals surface area contributed by atoms with Crippen molar-refractivity contribution < 1.29 is 0 Å². The lowest BCUT2D eigenvalue weighted by Crippen LogP contribution is -1.92. The van der Waals surface area contributed by atoms with Crippen LogP contribution in [-0.4, -0.2) is 14.6 Å². The predicted octanol–water partition coefficient (Wildman–Crippen LogP) is 2.63. The highest BCUT2D eigenvalue weighted by Crippen LogP contribution is 2.09. The van der Waals surface area contributed by atoms with Crippen molar-refractivity contribution >= 4 is 5.65 Å². The highest BCUT2D eigenvalue weighted by atomic mass is 15.3. The van der Waals surface area contributed by atoms with Crippen LogP contribution in [0.5, 0.6) is 0 Å². The van der Waals surface area contributed by atoms with Crippen LogP contribution in [0.2, 0.25) is 0 Å². The fourth-order valence-electron chi connectivity index (χ4n) is 1.38. The lowest BCUT2D eigenvalue weighted by molar-refractivity contribution is 0.888. The Kier molecular flexibility index (Phi) is 3.63. The van der Waals surface area contributed by atoms with Gasteiger partial charge in [0, 0.05) is 6.20 Å². The van der Waals surface area contributed by atoms with E-state index < -0.39 is 0 Å². The maximum Gasteiger partial charge on any atom is 0.154 e. The Morgan fingerprint density at radius 1 is 1.36 bits per heavy atom. The molecule has 76 valence electrons. The van der Waals surface area contributed by atoms with Gasteiger partial charge in [-0.3, -0.25) is 0 Å². The van der Waals surface area contributed by atoms with E-state index >= 15 is 0 Å². The van der Waals surface area contributed by atoms with E-state index in [4.69, 9.17) is 0 Å². The van der Waals surface area contributed by atoms with Gasteiger partial charge in [-0.15, -0.1) is 0 Å². The van der Waals surface area contributed by atoms with Gasteiger partial charge < -0.3 is 0 Å². The molecule has 0 aliphatic carbocycles. The minimum atomic E-state index is 0.937. The molecule has 0 fully saturated rings. The normalized spacial score (nSPS) is 9.71. The molecule has 14 heavy (non-hydrogen) atoms. The van der Waals surface area contributed by atoms with E-state index in [0.717, 1.165) is 23.5 Å². The molecule has 3 nitrogen and oxygen atoms in total. The molecule has 0 aliphatic heterocycles. The Balaban J connectivity index is 0.000000461. The van der Waals surface area contributed by atoms with Crippen LogP contribution in [0.4, 0.5) is 0 Å². The molecule has 0 aliphatic rings. The predicted molar refractivity (Wildman–Crippen MR) is 58.5 cm³/mol. The van der Waals surface area contributed by atoms with Crippen molar-refractivity contribution in [1.29, 1.82) is 0 Å². The molecule has 2 aromatic rings. The summed E-state index contributed by atoms with van der Waals surface area (Å²) in [5, 5.41) is 4.20. The van der Waals surface area contributed by atoms with Crippen molar-refractivity contribution in [2.24, 2.45) is 0 Å². The molecule has 0 saturated carbocycles. The smallest absolute Gasteiger partial charge is 0.154 e. The van der Waals surface area contributed by atoms with E-state index in [2.05, 4.69) is 17.0 Å². The van der Waals surface area contributed by atoms with Crippen molar-refractivity contribution in [2.75, 3.05) is 0 Å². The van der Waals surface area contributed by atoms with E-state index in [-0.39, 0.29) is 0 Å². The van der Waals surface area contributed by atoms with Crippen LogP contribution in [0, 0.1) is 6.92 Å². The maximum absolute atomic E-state index is 4.43. The minimum absolute atomic E-state index is 0.937. The highest BCUT2D eigenvalue weighted by molar-refractivity contribution is 5.40. The number of nitrogens with zero attached hydrogens (tertiary/aromatic N) is 3. The Labute approximate surface area is 84.8 Å². The van der Waals surface area contributed by atoms with Crippen molar-refractivity contribution in [2.45, 2.75) is 34.1 Å². The van der Waals surface area contributed by atoms with E-state index in [1.807, 2.05) is 37.4 Å². The molecule has 0 unspecified atom stereocenters. The summed E-state index contributed by atoms with van der Waals surface area (Å²) in [6.45, 7) is 8.15. The molecular formula is C11H17N3. The summed E-state index contributed by atoms with van der Waals surface area (Å²) < 4.78 is 1.87. The summed E-state index contributed by atoms with van der Waals surface area (Å²) in [6, 6.07) is 3.88. The van der Waals surface area contributed by atoms with Gasteiger partial charge in [0.2, 0.25) is 0 Å². The average molecular weight is 191 g/mol. The van der Waals surface area contributed by atoms with Crippen LogP contribution in [-0.2, 0) is 6.42 Å². The van der Waals surface area contributed by atoms with Gasteiger partial charge in [0.25, 0.3) is 0 Å². The third-order valence-electron chi connectivity index (χ3n) is 2.05. The molecule has 0 amide bonds. The Morgan fingerprint density at radius 2 is 2.07 bits per heavy atom. The fourth-order valence-corrected chi connectivity index (χ4v) is 1.38. The first-order valence-corrected chi connectivity index (χ1v) is 5.12. The van der Waals surface area contributed by atoms with Crippen LogP contribution < -0.4 is 0 Å². The molecule has 0 bridgehead atoms. The Hall–Kier alpha value is -1.38. The number of rotatable bonds is 1. The number of imidazole rings is 1. The molecule has 0 spiro atoms. The quantitative estimate of drug-likeness (QED) is 0.693. The van der Waals surface area contributed by atoms with Crippen molar-refractivity contribution in [3.05, 3.63) is 29.7 Å². The SMILES string of the molecule is CC.CCc1nc2cccnn2c1C. The Morgan fingerprint density at radius 3 is 2.64 bits per heavy atom. The summed E-state index contributed by atoms with van der Waals surface area (Å²) in [6.07, 6.45) is 2.75. The van der Waals surface area contributed by atoms with Crippen LogP contribution >= 0.6 is 0 Å². The third-order valence-corrected chi connectivity index (χ3v) is 2.05. The summed E-state index contributed by atoms with van der Waals surface area (Å²) in [4.78, 5) is 4.43. The molecule has 2 rings (SSSR count). The molecule has 0 N–H and O–H groups in total. The Bertz CT molecular complexity index is 404. The molecule has 0 aromatic carbocycles. The summed E-state index contributed by atoms with van der Waals surface area (Å²) in [5.41, 5.74) is 3.22. The van der Waals surface area contributed by atoms with Gasteiger partial charge in [0.15, 0.2) is 5.65 Å². The fraction of sp³-hybridized carbons (Fsp3) is 0.455. The number of fused-ring (bicyclic) bond motifs is 1.